The predicted octanol–water partition coefficient (Wildman–Crippen LogP) is 1.49. The van der Waals surface area contributed by atoms with Crippen LogP contribution in [0.2, 0.25) is 0 Å². The third-order valence-electron chi connectivity index (χ3n) is 2.69. The minimum Gasteiger partial charge on any atom is -0.491 e. The summed E-state index contributed by atoms with van der Waals surface area (Å²) in [5, 5.41) is 4.25. The smallest absolute Gasteiger partial charge is 0.187 e. The molecule has 102 valence electrons. The van der Waals surface area contributed by atoms with Crippen molar-refractivity contribution in [2.45, 2.75) is 20.1 Å². The highest BCUT2D eigenvalue weighted by molar-refractivity contribution is 5.70. The van der Waals surface area contributed by atoms with Crippen molar-refractivity contribution in [1.29, 1.82) is 0 Å². The fraction of sp³-hybridized carbons (Fsp3) is 0.417. The summed E-state index contributed by atoms with van der Waals surface area (Å²) in [7, 11) is 1.53. The molecule has 7 heteroatoms. The van der Waals surface area contributed by atoms with Gasteiger partial charge >= 0.3 is 0 Å². The monoisotopic (exact) mass is 263 g/mol. The zero-order valence-corrected chi connectivity index (χ0v) is 11.2. The molecule has 19 heavy (non-hydrogen) atoms. The Morgan fingerprint density at radius 1 is 1.42 bits per heavy atom. The van der Waals surface area contributed by atoms with Crippen LogP contribution in [0.3, 0.4) is 0 Å². The molecule has 0 spiro atoms. The van der Waals surface area contributed by atoms with E-state index in [2.05, 4.69) is 15.1 Å². The summed E-state index contributed by atoms with van der Waals surface area (Å²) in [6.45, 7) is 4.49. The average molecular weight is 263 g/mol. The van der Waals surface area contributed by atoms with Gasteiger partial charge in [-0.15, -0.1) is 0 Å². The van der Waals surface area contributed by atoms with E-state index >= 15 is 0 Å². The largest absolute Gasteiger partial charge is 0.491 e. The highest BCUT2D eigenvalue weighted by Crippen LogP contribution is 2.31. The van der Waals surface area contributed by atoms with Crippen LogP contribution in [0.5, 0.6) is 5.75 Å². The van der Waals surface area contributed by atoms with E-state index < -0.39 is 0 Å². The van der Waals surface area contributed by atoms with E-state index in [1.807, 2.05) is 20.0 Å². The van der Waals surface area contributed by atoms with Gasteiger partial charge in [0.05, 0.1) is 13.3 Å². The van der Waals surface area contributed by atoms with E-state index in [0.717, 1.165) is 5.56 Å². The second kappa shape index (κ2) is 5.66. The van der Waals surface area contributed by atoms with Crippen LogP contribution < -0.4 is 10.5 Å². The number of ether oxygens (including phenoxy) is 2. The first kappa shape index (κ1) is 13.3. The predicted molar refractivity (Wildman–Crippen MR) is 70.6 cm³/mol. The number of anilines is 1. The van der Waals surface area contributed by atoms with Crippen LogP contribution >= 0.6 is 0 Å². The van der Waals surface area contributed by atoms with E-state index in [4.69, 9.17) is 15.2 Å². The Hall–Kier alpha value is -2.15. The summed E-state index contributed by atoms with van der Waals surface area (Å²) in [6.07, 6.45) is 4.80. The third-order valence-corrected chi connectivity index (χ3v) is 2.69. The molecule has 2 rings (SSSR count). The molecule has 2 N–H and O–H groups in total. The van der Waals surface area contributed by atoms with Crippen molar-refractivity contribution >= 4 is 5.82 Å². The minimum atomic E-state index is -0.135. The Bertz CT molecular complexity index is 555. The molecule has 1 unspecified atom stereocenters. The highest BCUT2D eigenvalue weighted by Gasteiger charge is 2.15. The van der Waals surface area contributed by atoms with E-state index in [9.17, 15) is 0 Å². The van der Waals surface area contributed by atoms with Crippen LogP contribution in [0, 0.1) is 0 Å². The number of rotatable bonds is 5. The van der Waals surface area contributed by atoms with Crippen molar-refractivity contribution < 1.29 is 9.47 Å². The second-order valence-electron chi connectivity index (χ2n) is 3.90. The van der Waals surface area contributed by atoms with Gasteiger partial charge in [0.15, 0.2) is 11.6 Å². The molecule has 0 amide bonds. The first-order valence-electron chi connectivity index (χ1n) is 5.98. The topological polar surface area (TPSA) is 88.1 Å². The number of methoxy groups -OCH3 is 1. The van der Waals surface area contributed by atoms with Crippen molar-refractivity contribution in [3.05, 3.63) is 18.7 Å². The molecule has 0 bridgehead atoms. The highest BCUT2D eigenvalue weighted by atomic mass is 16.5. The molecule has 0 fully saturated rings. The first-order valence-corrected chi connectivity index (χ1v) is 5.98. The maximum Gasteiger partial charge on any atom is 0.187 e. The average Bonchev–Trinajstić information content (AvgIpc) is 2.88. The van der Waals surface area contributed by atoms with Gasteiger partial charge in [0.1, 0.15) is 18.2 Å². The molecule has 2 aromatic rings. The van der Waals surface area contributed by atoms with Crippen molar-refractivity contribution in [3.63, 3.8) is 0 Å². The second-order valence-corrected chi connectivity index (χ2v) is 3.90. The van der Waals surface area contributed by atoms with Crippen LogP contribution in [-0.4, -0.2) is 33.5 Å². The fourth-order valence-corrected chi connectivity index (χ4v) is 1.77. The lowest BCUT2D eigenvalue weighted by Gasteiger charge is -2.11. The maximum atomic E-state index is 5.76. The summed E-state index contributed by atoms with van der Waals surface area (Å²) in [5.41, 5.74) is 7.17. The standard InChI is InChI=1S/C12H17N5O2/c1-4-19-8(2)17-6-9(5-16-17)10-11(18-3)12(13)15-7-14-10/h5-8H,4H2,1-3H3,(H2,13,14,15). The van der Waals surface area contributed by atoms with Gasteiger partial charge in [-0.25, -0.2) is 14.6 Å². The van der Waals surface area contributed by atoms with E-state index in [1.54, 1.807) is 10.9 Å². The van der Waals surface area contributed by atoms with Gasteiger partial charge in [-0.3, -0.25) is 0 Å². The molecule has 0 aliphatic rings. The van der Waals surface area contributed by atoms with Crippen LogP contribution in [0.25, 0.3) is 11.3 Å². The number of nitrogen functional groups attached to an aromatic ring is 1. The van der Waals surface area contributed by atoms with Gasteiger partial charge in [-0.05, 0) is 13.8 Å². The van der Waals surface area contributed by atoms with Crippen LogP contribution in [-0.2, 0) is 4.74 Å². The van der Waals surface area contributed by atoms with Crippen LogP contribution in [0.1, 0.15) is 20.1 Å². The minimum absolute atomic E-state index is 0.135. The zero-order valence-electron chi connectivity index (χ0n) is 11.2. The quantitative estimate of drug-likeness (QED) is 0.879. The van der Waals surface area contributed by atoms with E-state index in [-0.39, 0.29) is 6.23 Å². The molecule has 2 aromatic heterocycles. The normalized spacial score (nSPS) is 12.4. The lowest BCUT2D eigenvalue weighted by molar-refractivity contribution is 0.0160. The molecule has 0 aliphatic heterocycles. The maximum absolute atomic E-state index is 5.76. The lowest BCUT2D eigenvalue weighted by Crippen LogP contribution is -2.09. The van der Waals surface area contributed by atoms with Gasteiger partial charge < -0.3 is 15.2 Å². The molecule has 0 saturated heterocycles. The van der Waals surface area contributed by atoms with E-state index in [0.29, 0.717) is 23.9 Å². The van der Waals surface area contributed by atoms with Gasteiger partial charge in [0.2, 0.25) is 0 Å². The van der Waals surface area contributed by atoms with Crippen LogP contribution in [0.4, 0.5) is 5.82 Å². The molecule has 0 aliphatic carbocycles. The van der Waals surface area contributed by atoms with Crippen LogP contribution in [0.15, 0.2) is 18.7 Å². The van der Waals surface area contributed by atoms with Crippen molar-refractivity contribution in [1.82, 2.24) is 19.7 Å². The molecule has 0 aromatic carbocycles. The summed E-state index contributed by atoms with van der Waals surface area (Å²) in [5.74, 6) is 0.754. The molecule has 1 atom stereocenters. The van der Waals surface area contributed by atoms with Gasteiger partial charge in [-0.2, -0.15) is 5.10 Å². The molecular weight excluding hydrogens is 246 g/mol. The molecular formula is C12H17N5O2. The summed E-state index contributed by atoms with van der Waals surface area (Å²) in [6, 6.07) is 0. The molecule has 0 radical (unpaired) electrons. The Labute approximate surface area is 111 Å². The number of hydrogen-bond acceptors (Lipinski definition) is 6. The fourth-order valence-electron chi connectivity index (χ4n) is 1.77. The number of nitrogens with two attached hydrogens (primary N) is 1. The van der Waals surface area contributed by atoms with Gasteiger partial charge in [0.25, 0.3) is 0 Å². The van der Waals surface area contributed by atoms with Gasteiger partial charge in [0, 0.05) is 18.4 Å². The summed E-state index contributed by atoms with van der Waals surface area (Å²) >= 11 is 0. The number of nitrogens with zero attached hydrogens (tertiary/aromatic N) is 4. The number of hydrogen-bond donors (Lipinski definition) is 1. The summed E-state index contributed by atoms with van der Waals surface area (Å²) < 4.78 is 12.4. The summed E-state index contributed by atoms with van der Waals surface area (Å²) in [4.78, 5) is 8.09. The third kappa shape index (κ3) is 2.65. The zero-order chi connectivity index (χ0) is 13.8. The number of aromatic nitrogens is 4. The van der Waals surface area contributed by atoms with Crippen molar-refractivity contribution in [2.24, 2.45) is 0 Å². The van der Waals surface area contributed by atoms with Crippen molar-refractivity contribution in [2.75, 3.05) is 19.5 Å². The molecule has 0 saturated carbocycles. The SMILES string of the molecule is CCOC(C)n1cc(-c2ncnc(N)c2OC)cn1. The lowest BCUT2D eigenvalue weighted by atomic mass is 10.2. The van der Waals surface area contributed by atoms with Gasteiger partial charge in [-0.1, -0.05) is 0 Å². The Kier molecular flexibility index (Phi) is 3.96. The Morgan fingerprint density at radius 2 is 2.21 bits per heavy atom. The molecule has 7 nitrogen and oxygen atoms in total. The first-order chi connectivity index (χ1) is 9.17. The Balaban J connectivity index is 2.35. The van der Waals surface area contributed by atoms with Crippen molar-refractivity contribution in [3.8, 4) is 17.0 Å². The van der Waals surface area contributed by atoms with E-state index in [1.165, 1.54) is 13.4 Å². The Morgan fingerprint density at radius 3 is 2.89 bits per heavy atom. The molecule has 2 heterocycles.